The average molecular weight is 415 g/mol. The first kappa shape index (κ1) is 18.8. The third-order valence-corrected chi connectivity index (χ3v) is 5.12. The van der Waals surface area contributed by atoms with E-state index >= 15 is 0 Å². The number of aryl methyl sites for hydroxylation is 1. The largest absolute Gasteiger partial charge is 0.496 e. The van der Waals surface area contributed by atoms with E-state index in [9.17, 15) is 9.18 Å². The number of carbonyl (C=O) groups is 1. The number of halogens is 1. The number of anilines is 1. The monoisotopic (exact) mass is 415 g/mol. The van der Waals surface area contributed by atoms with Crippen molar-refractivity contribution in [3.05, 3.63) is 78.0 Å². The number of H-pyrrole nitrogens is 1. The third kappa shape index (κ3) is 3.38. The van der Waals surface area contributed by atoms with E-state index < -0.39 is 0 Å². The van der Waals surface area contributed by atoms with Gasteiger partial charge in [-0.25, -0.2) is 14.4 Å². The number of aromatic amines is 1. The zero-order valence-electron chi connectivity index (χ0n) is 16.8. The Morgan fingerprint density at radius 1 is 1.13 bits per heavy atom. The van der Waals surface area contributed by atoms with E-state index in [0.29, 0.717) is 28.6 Å². The van der Waals surface area contributed by atoms with Gasteiger partial charge in [0.25, 0.3) is 5.91 Å². The van der Waals surface area contributed by atoms with Gasteiger partial charge in [0, 0.05) is 23.5 Å². The fourth-order valence-electron chi connectivity index (χ4n) is 3.57. The highest BCUT2D eigenvalue weighted by atomic mass is 19.1. The molecule has 0 saturated heterocycles. The van der Waals surface area contributed by atoms with Crippen LogP contribution >= 0.6 is 0 Å². The lowest BCUT2D eigenvalue weighted by atomic mass is 10.0. The molecule has 0 spiro atoms. The number of hydrogen-bond donors (Lipinski definition) is 2. The Labute approximate surface area is 176 Å². The van der Waals surface area contributed by atoms with Crippen LogP contribution in [0.3, 0.4) is 0 Å². The maximum absolute atomic E-state index is 13.5. The predicted octanol–water partition coefficient (Wildman–Crippen LogP) is 4.59. The first-order valence-corrected chi connectivity index (χ1v) is 9.61. The van der Waals surface area contributed by atoms with Crippen LogP contribution in [0.25, 0.3) is 27.8 Å². The molecule has 154 valence electrons. The number of pyridine rings is 1. The van der Waals surface area contributed by atoms with Gasteiger partial charge >= 0.3 is 0 Å². The fraction of sp³-hybridized carbons (Fsp3) is 0.0870. The van der Waals surface area contributed by atoms with Gasteiger partial charge in [0.05, 0.1) is 18.1 Å². The highest BCUT2D eigenvalue weighted by Gasteiger charge is 2.15. The van der Waals surface area contributed by atoms with Gasteiger partial charge in [-0.2, -0.15) is 0 Å². The van der Waals surface area contributed by atoms with Crippen molar-refractivity contribution in [2.24, 2.45) is 0 Å². The quantitative estimate of drug-likeness (QED) is 0.450. The van der Waals surface area contributed by atoms with Gasteiger partial charge in [-0.3, -0.25) is 10.1 Å². The first-order chi connectivity index (χ1) is 15.0. The molecule has 3 aromatic heterocycles. The molecule has 3 heterocycles. The van der Waals surface area contributed by atoms with E-state index in [0.717, 1.165) is 22.3 Å². The van der Waals surface area contributed by atoms with Gasteiger partial charge in [-0.15, -0.1) is 0 Å². The third-order valence-electron chi connectivity index (χ3n) is 5.12. The summed E-state index contributed by atoms with van der Waals surface area (Å²) in [5, 5.41) is 2.76. The molecular formula is C23H18FN5O2. The molecule has 31 heavy (non-hydrogen) atoms. The average Bonchev–Trinajstić information content (AvgIpc) is 3.37. The maximum Gasteiger partial charge on any atom is 0.278 e. The van der Waals surface area contributed by atoms with Gasteiger partial charge in [0.1, 0.15) is 22.9 Å². The van der Waals surface area contributed by atoms with Gasteiger partial charge in [0.2, 0.25) is 5.95 Å². The molecular weight excluding hydrogens is 397 g/mol. The van der Waals surface area contributed by atoms with Crippen LogP contribution in [0.4, 0.5) is 10.3 Å². The molecule has 0 bridgehead atoms. The van der Waals surface area contributed by atoms with Crippen molar-refractivity contribution in [1.29, 1.82) is 0 Å². The Bertz CT molecular complexity index is 1450. The lowest BCUT2D eigenvalue weighted by Gasteiger charge is -2.08. The van der Waals surface area contributed by atoms with Crippen LogP contribution in [0.1, 0.15) is 16.2 Å². The molecule has 0 aliphatic rings. The Morgan fingerprint density at radius 3 is 2.81 bits per heavy atom. The van der Waals surface area contributed by atoms with Gasteiger partial charge in [0.15, 0.2) is 0 Å². The summed E-state index contributed by atoms with van der Waals surface area (Å²) in [6, 6.07) is 15.7. The van der Waals surface area contributed by atoms with Crippen molar-refractivity contribution in [1.82, 2.24) is 19.4 Å². The Morgan fingerprint density at radius 2 is 2.00 bits per heavy atom. The summed E-state index contributed by atoms with van der Waals surface area (Å²) >= 11 is 0. The molecule has 0 aliphatic carbocycles. The minimum absolute atomic E-state index is 0.298. The van der Waals surface area contributed by atoms with Crippen molar-refractivity contribution >= 4 is 28.5 Å². The lowest BCUT2D eigenvalue weighted by molar-refractivity contribution is 0.102. The second kappa shape index (κ2) is 7.24. The summed E-state index contributed by atoms with van der Waals surface area (Å²) in [5.41, 5.74) is 4.97. The molecule has 0 fully saturated rings. The number of methoxy groups -OCH3 is 1. The number of aromatic nitrogens is 4. The number of rotatable bonds is 4. The second-order valence-corrected chi connectivity index (χ2v) is 7.14. The number of imidazole rings is 2. The highest BCUT2D eigenvalue weighted by molar-refractivity contribution is 6.03. The number of benzene rings is 2. The molecule has 0 radical (unpaired) electrons. The number of ether oxygens (including phenoxy) is 1. The lowest BCUT2D eigenvalue weighted by Crippen LogP contribution is -2.13. The summed E-state index contributed by atoms with van der Waals surface area (Å²) < 4.78 is 20.7. The van der Waals surface area contributed by atoms with Gasteiger partial charge in [-0.1, -0.05) is 12.1 Å². The van der Waals surface area contributed by atoms with E-state index in [1.54, 1.807) is 12.3 Å². The molecule has 0 unspecified atom stereocenters. The zero-order valence-corrected chi connectivity index (χ0v) is 16.8. The summed E-state index contributed by atoms with van der Waals surface area (Å²) in [6.45, 7) is 1.95. The van der Waals surface area contributed by atoms with E-state index in [1.165, 1.54) is 19.2 Å². The molecule has 7 nitrogen and oxygen atoms in total. The summed E-state index contributed by atoms with van der Waals surface area (Å²) in [5.74, 6) is 0.0266. The van der Waals surface area contributed by atoms with Crippen LogP contribution in [-0.2, 0) is 0 Å². The molecule has 2 N–H and O–H groups in total. The number of hydrogen-bond acceptors (Lipinski definition) is 4. The molecule has 0 atom stereocenters. The van der Waals surface area contributed by atoms with Crippen LogP contribution in [0, 0.1) is 12.7 Å². The van der Waals surface area contributed by atoms with E-state index in [1.807, 2.05) is 47.7 Å². The number of nitrogens with one attached hydrogen (secondary N) is 2. The van der Waals surface area contributed by atoms with Gasteiger partial charge < -0.3 is 14.1 Å². The topological polar surface area (TPSA) is 84.3 Å². The summed E-state index contributed by atoms with van der Waals surface area (Å²) in [4.78, 5) is 24.6. The molecule has 2 aromatic carbocycles. The smallest absolute Gasteiger partial charge is 0.278 e. The molecule has 0 saturated carbocycles. The van der Waals surface area contributed by atoms with Gasteiger partial charge in [-0.05, 0) is 48.9 Å². The normalized spacial score (nSPS) is 11.2. The molecule has 5 rings (SSSR count). The highest BCUT2D eigenvalue weighted by Crippen LogP contribution is 2.32. The zero-order chi connectivity index (χ0) is 21.5. The summed E-state index contributed by atoms with van der Waals surface area (Å²) in [6.07, 6.45) is 1.70. The minimum atomic E-state index is -0.367. The fourth-order valence-corrected chi connectivity index (χ4v) is 3.57. The van der Waals surface area contributed by atoms with Crippen molar-refractivity contribution in [3.63, 3.8) is 0 Å². The molecule has 1 amide bonds. The standard InChI is InChI=1S/C23H18FN5O2/c1-13-4-3-5-21-25-19(12-29(13)21)22(30)28-23-26-17-9-6-14(10-18(17)27-23)16-8-7-15(24)11-20(16)31-2/h3-12H,1-2H3,(H2,26,27,28,30). The second-order valence-electron chi connectivity index (χ2n) is 7.14. The number of amides is 1. The van der Waals surface area contributed by atoms with Crippen LogP contribution in [0.5, 0.6) is 5.75 Å². The van der Waals surface area contributed by atoms with E-state index in [2.05, 4.69) is 20.3 Å². The van der Waals surface area contributed by atoms with Crippen LogP contribution in [0.15, 0.2) is 60.8 Å². The number of nitrogens with zero attached hydrogens (tertiary/aromatic N) is 3. The van der Waals surface area contributed by atoms with E-state index in [-0.39, 0.29) is 11.7 Å². The first-order valence-electron chi connectivity index (χ1n) is 9.61. The van der Waals surface area contributed by atoms with Crippen molar-refractivity contribution in [2.75, 3.05) is 12.4 Å². The SMILES string of the molecule is COc1cc(F)ccc1-c1ccc2[nH]c(NC(=O)c3cn4c(C)cccc4n3)nc2c1. The number of fused-ring (bicyclic) bond motifs is 2. The van der Waals surface area contributed by atoms with Crippen LogP contribution in [-0.4, -0.2) is 32.4 Å². The Balaban J connectivity index is 1.45. The number of carbonyl (C=O) groups excluding carboxylic acids is 1. The van der Waals surface area contributed by atoms with Crippen molar-refractivity contribution in [2.45, 2.75) is 6.92 Å². The molecule has 8 heteroatoms. The maximum atomic E-state index is 13.5. The Kier molecular flexibility index (Phi) is 4.39. The summed E-state index contributed by atoms with van der Waals surface area (Å²) in [7, 11) is 1.50. The van der Waals surface area contributed by atoms with Crippen molar-refractivity contribution in [3.8, 4) is 16.9 Å². The molecule has 5 aromatic rings. The van der Waals surface area contributed by atoms with E-state index in [4.69, 9.17) is 4.74 Å². The molecule has 0 aliphatic heterocycles. The minimum Gasteiger partial charge on any atom is -0.496 e. The van der Waals surface area contributed by atoms with Crippen LogP contribution < -0.4 is 10.1 Å². The Hall–Kier alpha value is -4.20. The van der Waals surface area contributed by atoms with Crippen molar-refractivity contribution < 1.29 is 13.9 Å². The van der Waals surface area contributed by atoms with Crippen LogP contribution in [0.2, 0.25) is 0 Å². The predicted molar refractivity (Wildman–Crippen MR) is 116 cm³/mol.